The summed E-state index contributed by atoms with van der Waals surface area (Å²) in [5.41, 5.74) is 0. The topological polar surface area (TPSA) is 31.4 Å². The lowest BCUT2D eigenvalue weighted by molar-refractivity contribution is 0.212. The Morgan fingerprint density at radius 1 is 0.944 bits per heavy atom. The largest absolute Gasteiger partial charge is 0.490 e. The van der Waals surface area contributed by atoms with Crippen LogP contribution in [-0.2, 0) is 0 Å². The summed E-state index contributed by atoms with van der Waals surface area (Å²) < 4.78 is 10.9. The van der Waals surface area contributed by atoms with Crippen molar-refractivity contribution in [1.29, 1.82) is 0 Å². The van der Waals surface area contributed by atoms with Crippen molar-refractivity contribution in [2.75, 3.05) is 13.2 Å². The second-order valence-corrected chi connectivity index (χ2v) is 4.34. The number of halogens is 2. The van der Waals surface area contributed by atoms with Gasteiger partial charge >= 0.3 is 0 Å². The first-order valence-electron chi connectivity index (χ1n) is 5.37. The number of hydrogen-bond donors (Lipinski definition) is 0. The average molecular weight is 284 g/mol. The van der Waals surface area contributed by atoms with Crippen molar-refractivity contribution in [2.24, 2.45) is 0 Å². The van der Waals surface area contributed by atoms with Gasteiger partial charge < -0.3 is 9.47 Å². The lowest BCUT2D eigenvalue weighted by Gasteiger charge is -2.07. The highest BCUT2D eigenvalue weighted by Gasteiger charge is 1.97. The Kier molecular flexibility index (Phi) is 4.67. The molecule has 0 atom stereocenters. The van der Waals surface area contributed by atoms with Crippen molar-refractivity contribution in [2.45, 2.75) is 0 Å². The van der Waals surface area contributed by atoms with E-state index in [2.05, 4.69) is 4.98 Å². The summed E-state index contributed by atoms with van der Waals surface area (Å²) >= 11 is 11.5. The minimum atomic E-state index is 0.404. The summed E-state index contributed by atoms with van der Waals surface area (Å²) in [4.78, 5) is 4.01. The van der Waals surface area contributed by atoms with Crippen LogP contribution in [0.25, 0.3) is 0 Å². The van der Waals surface area contributed by atoms with Gasteiger partial charge in [-0.2, -0.15) is 0 Å². The first-order chi connectivity index (χ1) is 8.74. The van der Waals surface area contributed by atoms with Crippen LogP contribution in [0.15, 0.2) is 42.6 Å². The number of hydrogen-bond acceptors (Lipinski definition) is 3. The molecule has 0 amide bonds. The normalized spacial score (nSPS) is 10.1. The molecule has 5 heteroatoms. The van der Waals surface area contributed by atoms with Gasteiger partial charge in [0, 0.05) is 17.3 Å². The molecule has 0 bridgehead atoms. The molecule has 2 rings (SSSR count). The number of benzene rings is 1. The minimum absolute atomic E-state index is 0.404. The first-order valence-corrected chi connectivity index (χ1v) is 6.12. The highest BCUT2D eigenvalue weighted by Crippen LogP contribution is 2.17. The molecule has 94 valence electrons. The van der Waals surface area contributed by atoms with E-state index in [0.29, 0.717) is 29.1 Å². The predicted octanol–water partition coefficient (Wildman–Crippen LogP) is 3.85. The van der Waals surface area contributed by atoms with Gasteiger partial charge in [0.25, 0.3) is 0 Å². The van der Waals surface area contributed by atoms with E-state index in [1.807, 2.05) is 12.1 Å². The van der Waals surface area contributed by atoms with Crippen molar-refractivity contribution in [1.82, 2.24) is 4.98 Å². The summed E-state index contributed by atoms with van der Waals surface area (Å²) in [5.74, 6) is 1.24. The third-order valence-electron chi connectivity index (χ3n) is 2.10. The Morgan fingerprint density at radius 3 is 2.50 bits per heavy atom. The number of nitrogens with zero attached hydrogens (tertiary/aromatic N) is 1. The van der Waals surface area contributed by atoms with Gasteiger partial charge in [-0.1, -0.05) is 29.3 Å². The molecule has 1 aromatic heterocycles. The molecule has 2 aromatic rings. The average Bonchev–Trinajstić information content (AvgIpc) is 2.37. The van der Waals surface area contributed by atoms with Crippen LogP contribution in [0.5, 0.6) is 11.6 Å². The molecule has 0 saturated carbocycles. The molecule has 0 aliphatic rings. The SMILES string of the molecule is Clc1ccc(OCCOc2cccc(Cl)c2)nc1. The molecule has 1 heterocycles. The molecule has 0 saturated heterocycles. The van der Waals surface area contributed by atoms with Crippen LogP contribution < -0.4 is 9.47 Å². The third kappa shape index (κ3) is 4.09. The molecule has 0 aliphatic carbocycles. The van der Waals surface area contributed by atoms with Crippen molar-refractivity contribution in [3.05, 3.63) is 52.6 Å². The van der Waals surface area contributed by atoms with Crippen molar-refractivity contribution in [3.8, 4) is 11.6 Å². The Morgan fingerprint density at radius 2 is 1.78 bits per heavy atom. The van der Waals surface area contributed by atoms with Crippen LogP contribution in [0.2, 0.25) is 10.0 Å². The summed E-state index contributed by atoms with van der Waals surface area (Å²) in [6, 6.07) is 10.7. The molecule has 0 fully saturated rings. The van der Waals surface area contributed by atoms with E-state index in [0.717, 1.165) is 5.75 Å². The minimum Gasteiger partial charge on any atom is -0.490 e. The highest BCUT2D eigenvalue weighted by atomic mass is 35.5. The maximum Gasteiger partial charge on any atom is 0.213 e. The first kappa shape index (κ1) is 13.0. The van der Waals surface area contributed by atoms with Crippen molar-refractivity contribution < 1.29 is 9.47 Å². The molecule has 0 N–H and O–H groups in total. The van der Waals surface area contributed by atoms with E-state index in [1.165, 1.54) is 6.20 Å². The van der Waals surface area contributed by atoms with E-state index in [-0.39, 0.29) is 0 Å². The Labute approximate surface area is 115 Å². The fraction of sp³-hybridized carbons (Fsp3) is 0.154. The van der Waals surface area contributed by atoms with Gasteiger partial charge in [-0.25, -0.2) is 4.98 Å². The number of pyridine rings is 1. The van der Waals surface area contributed by atoms with Crippen LogP contribution in [0, 0.1) is 0 Å². The second kappa shape index (κ2) is 6.47. The molecule has 0 spiro atoms. The molecular weight excluding hydrogens is 273 g/mol. The lowest BCUT2D eigenvalue weighted by Crippen LogP contribution is -2.09. The Bertz CT molecular complexity index is 503. The van der Waals surface area contributed by atoms with Gasteiger partial charge in [0.05, 0.1) is 5.02 Å². The van der Waals surface area contributed by atoms with Crippen LogP contribution in [0.1, 0.15) is 0 Å². The van der Waals surface area contributed by atoms with Crippen LogP contribution in [-0.4, -0.2) is 18.2 Å². The zero-order chi connectivity index (χ0) is 12.8. The van der Waals surface area contributed by atoms with Gasteiger partial charge in [-0.15, -0.1) is 0 Å². The van der Waals surface area contributed by atoms with Gasteiger partial charge in [0.15, 0.2) is 0 Å². The fourth-order valence-electron chi connectivity index (χ4n) is 1.31. The zero-order valence-electron chi connectivity index (χ0n) is 9.48. The quantitative estimate of drug-likeness (QED) is 0.781. The van der Waals surface area contributed by atoms with Gasteiger partial charge in [-0.05, 0) is 24.3 Å². The van der Waals surface area contributed by atoms with Gasteiger partial charge in [0.1, 0.15) is 19.0 Å². The van der Waals surface area contributed by atoms with E-state index in [1.54, 1.807) is 24.3 Å². The maximum atomic E-state index is 5.83. The van der Waals surface area contributed by atoms with E-state index in [9.17, 15) is 0 Å². The van der Waals surface area contributed by atoms with E-state index in [4.69, 9.17) is 32.7 Å². The van der Waals surface area contributed by atoms with Crippen LogP contribution in [0.4, 0.5) is 0 Å². The molecule has 18 heavy (non-hydrogen) atoms. The standard InChI is InChI=1S/C13H11Cl2NO2/c14-10-2-1-3-12(8-10)17-6-7-18-13-5-4-11(15)9-16-13/h1-5,8-9H,6-7H2. The van der Waals surface area contributed by atoms with Crippen molar-refractivity contribution >= 4 is 23.2 Å². The summed E-state index contributed by atoms with van der Waals surface area (Å²) in [6.45, 7) is 0.825. The molecule has 3 nitrogen and oxygen atoms in total. The predicted molar refractivity (Wildman–Crippen MR) is 71.7 cm³/mol. The zero-order valence-corrected chi connectivity index (χ0v) is 11.0. The highest BCUT2D eigenvalue weighted by molar-refractivity contribution is 6.30. The summed E-state index contributed by atoms with van der Waals surface area (Å²) in [7, 11) is 0. The Hall–Kier alpha value is -1.45. The lowest BCUT2D eigenvalue weighted by atomic mass is 10.3. The van der Waals surface area contributed by atoms with E-state index >= 15 is 0 Å². The number of rotatable bonds is 5. The van der Waals surface area contributed by atoms with Gasteiger partial charge in [0.2, 0.25) is 5.88 Å². The van der Waals surface area contributed by atoms with Gasteiger partial charge in [-0.3, -0.25) is 0 Å². The number of ether oxygens (including phenoxy) is 2. The van der Waals surface area contributed by atoms with Crippen LogP contribution in [0.3, 0.4) is 0 Å². The molecule has 0 aliphatic heterocycles. The Balaban J connectivity index is 1.74. The second-order valence-electron chi connectivity index (χ2n) is 3.47. The molecule has 0 unspecified atom stereocenters. The molecular formula is C13H11Cl2NO2. The molecule has 0 radical (unpaired) electrons. The monoisotopic (exact) mass is 283 g/mol. The third-order valence-corrected chi connectivity index (χ3v) is 2.56. The summed E-state index contributed by atoms with van der Waals surface area (Å²) in [6.07, 6.45) is 1.54. The smallest absolute Gasteiger partial charge is 0.213 e. The van der Waals surface area contributed by atoms with Crippen LogP contribution >= 0.6 is 23.2 Å². The van der Waals surface area contributed by atoms with Crippen molar-refractivity contribution in [3.63, 3.8) is 0 Å². The number of aromatic nitrogens is 1. The summed E-state index contributed by atoms with van der Waals surface area (Å²) in [5, 5.41) is 1.23. The fourth-order valence-corrected chi connectivity index (χ4v) is 1.60. The maximum absolute atomic E-state index is 5.83. The van der Waals surface area contributed by atoms with E-state index < -0.39 is 0 Å². The molecule has 1 aromatic carbocycles.